The zero-order valence-electron chi connectivity index (χ0n) is 15.0. The van der Waals surface area contributed by atoms with Crippen molar-refractivity contribution in [3.8, 4) is 0 Å². The summed E-state index contributed by atoms with van der Waals surface area (Å²) in [4.78, 5) is 21.2. The van der Waals surface area contributed by atoms with Gasteiger partial charge in [0.05, 0.1) is 25.4 Å². The predicted molar refractivity (Wildman–Crippen MR) is 92.0 cm³/mol. The highest BCUT2D eigenvalue weighted by molar-refractivity contribution is 5.76. The maximum atomic E-state index is 12.4. The lowest BCUT2D eigenvalue weighted by atomic mass is 10.0. The molecule has 3 fully saturated rings. The van der Waals surface area contributed by atoms with Gasteiger partial charge in [-0.2, -0.15) is 0 Å². The number of hydrogen-bond donors (Lipinski definition) is 1. The summed E-state index contributed by atoms with van der Waals surface area (Å²) in [6.45, 7) is 10.1. The third-order valence-electron chi connectivity index (χ3n) is 5.54. The zero-order valence-corrected chi connectivity index (χ0v) is 15.0. The molecule has 1 atom stereocenters. The van der Waals surface area contributed by atoms with Gasteiger partial charge in [-0.1, -0.05) is 0 Å². The normalized spacial score (nSPS) is 30.8. The molecule has 0 aromatic rings. The van der Waals surface area contributed by atoms with E-state index in [4.69, 9.17) is 4.74 Å². The summed E-state index contributed by atoms with van der Waals surface area (Å²) in [5.74, 6) is 0.177. The fourth-order valence-electron chi connectivity index (χ4n) is 3.86. The predicted octanol–water partition coefficient (Wildman–Crippen LogP) is -1.08. The third-order valence-corrected chi connectivity index (χ3v) is 5.54. The second-order valence-electron chi connectivity index (χ2n) is 7.57. The lowest BCUT2D eigenvalue weighted by Crippen LogP contribution is -2.52. The van der Waals surface area contributed by atoms with E-state index in [2.05, 4.69) is 21.7 Å². The van der Waals surface area contributed by atoms with Crippen LogP contribution in [0.1, 0.15) is 12.8 Å². The Balaban J connectivity index is 1.41. The van der Waals surface area contributed by atoms with Crippen LogP contribution in [0.25, 0.3) is 0 Å². The second-order valence-corrected chi connectivity index (χ2v) is 7.57. The quantitative estimate of drug-likeness (QED) is 0.687. The van der Waals surface area contributed by atoms with Gasteiger partial charge in [-0.15, -0.1) is 0 Å². The molecular weight excluding hydrogens is 308 g/mol. The minimum atomic E-state index is -0.732. The minimum absolute atomic E-state index is 0.177. The molecule has 1 unspecified atom stereocenters. The summed E-state index contributed by atoms with van der Waals surface area (Å²) in [5.41, 5.74) is -0.732. The number of likely N-dealkylation sites (tertiary alicyclic amines) is 1. The molecule has 1 N–H and O–H groups in total. The maximum absolute atomic E-state index is 12.4. The Morgan fingerprint density at radius 3 is 2.46 bits per heavy atom. The van der Waals surface area contributed by atoms with Gasteiger partial charge in [-0.3, -0.25) is 14.6 Å². The van der Waals surface area contributed by atoms with Gasteiger partial charge >= 0.3 is 0 Å². The molecule has 3 rings (SSSR count). The van der Waals surface area contributed by atoms with Gasteiger partial charge in [0, 0.05) is 65.3 Å². The first kappa shape index (κ1) is 18.1. The number of carbonyl (C=O) groups excluding carboxylic acids is 1. The number of rotatable bonds is 5. The molecule has 3 aliphatic heterocycles. The molecule has 0 saturated carbocycles. The zero-order chi connectivity index (χ0) is 17.0. The van der Waals surface area contributed by atoms with Crippen molar-refractivity contribution in [3.63, 3.8) is 0 Å². The summed E-state index contributed by atoms with van der Waals surface area (Å²) < 4.78 is 5.33. The SMILES string of the molecule is CN1CCN(CC2(O)CCN(C(=O)CCN3CCOCC3)C2)CC1. The largest absolute Gasteiger partial charge is 0.387 e. The Hall–Kier alpha value is -0.730. The van der Waals surface area contributed by atoms with Gasteiger partial charge in [-0.25, -0.2) is 0 Å². The molecule has 0 bridgehead atoms. The number of β-amino-alcohol motifs (C(OH)–C–C–N with tert-alkyl or cyclic N) is 1. The number of carbonyl (C=O) groups is 1. The van der Waals surface area contributed by atoms with E-state index < -0.39 is 5.60 Å². The summed E-state index contributed by atoms with van der Waals surface area (Å²) in [5, 5.41) is 10.9. The second kappa shape index (κ2) is 8.10. The maximum Gasteiger partial charge on any atom is 0.223 e. The molecule has 0 aromatic carbocycles. The molecular formula is C17H32N4O3. The van der Waals surface area contributed by atoms with Crippen LogP contribution in [0, 0.1) is 0 Å². The van der Waals surface area contributed by atoms with Crippen molar-refractivity contribution in [3.05, 3.63) is 0 Å². The highest BCUT2D eigenvalue weighted by atomic mass is 16.5. The van der Waals surface area contributed by atoms with E-state index in [1.807, 2.05) is 4.90 Å². The van der Waals surface area contributed by atoms with Crippen LogP contribution < -0.4 is 0 Å². The van der Waals surface area contributed by atoms with Crippen LogP contribution in [0.4, 0.5) is 0 Å². The van der Waals surface area contributed by atoms with Crippen LogP contribution in [-0.2, 0) is 9.53 Å². The average molecular weight is 340 g/mol. The molecule has 0 spiro atoms. The molecule has 3 aliphatic rings. The Bertz CT molecular complexity index is 422. The number of aliphatic hydroxyl groups is 1. The summed E-state index contributed by atoms with van der Waals surface area (Å²) in [6, 6.07) is 0. The molecule has 7 heteroatoms. The Labute approximate surface area is 145 Å². The van der Waals surface area contributed by atoms with E-state index >= 15 is 0 Å². The summed E-state index contributed by atoms with van der Waals surface area (Å²) in [7, 11) is 2.14. The first-order valence-electron chi connectivity index (χ1n) is 9.25. The van der Waals surface area contributed by atoms with E-state index in [-0.39, 0.29) is 5.91 Å². The third kappa shape index (κ3) is 4.89. The number of ether oxygens (including phenoxy) is 1. The number of amides is 1. The van der Waals surface area contributed by atoms with Crippen molar-refractivity contribution in [1.82, 2.24) is 19.6 Å². The Morgan fingerprint density at radius 1 is 1.04 bits per heavy atom. The van der Waals surface area contributed by atoms with Gasteiger partial charge in [0.15, 0.2) is 0 Å². The van der Waals surface area contributed by atoms with Gasteiger partial charge < -0.3 is 19.6 Å². The van der Waals surface area contributed by atoms with Crippen molar-refractivity contribution in [2.24, 2.45) is 0 Å². The van der Waals surface area contributed by atoms with Gasteiger partial charge in [-0.05, 0) is 13.5 Å². The van der Waals surface area contributed by atoms with Crippen LogP contribution in [0.5, 0.6) is 0 Å². The smallest absolute Gasteiger partial charge is 0.223 e. The molecule has 3 saturated heterocycles. The highest BCUT2D eigenvalue weighted by Gasteiger charge is 2.39. The van der Waals surface area contributed by atoms with Crippen molar-refractivity contribution >= 4 is 5.91 Å². The van der Waals surface area contributed by atoms with Crippen LogP contribution >= 0.6 is 0 Å². The van der Waals surface area contributed by atoms with E-state index in [0.29, 0.717) is 32.5 Å². The van der Waals surface area contributed by atoms with Gasteiger partial charge in [0.2, 0.25) is 5.91 Å². The lowest BCUT2D eigenvalue weighted by Gasteiger charge is -2.36. The van der Waals surface area contributed by atoms with Crippen molar-refractivity contribution in [2.75, 3.05) is 85.7 Å². The molecule has 24 heavy (non-hydrogen) atoms. The molecule has 138 valence electrons. The molecule has 0 radical (unpaired) electrons. The summed E-state index contributed by atoms with van der Waals surface area (Å²) in [6.07, 6.45) is 1.24. The molecule has 0 aliphatic carbocycles. The molecule has 1 amide bonds. The van der Waals surface area contributed by atoms with Crippen molar-refractivity contribution < 1.29 is 14.6 Å². The fraction of sp³-hybridized carbons (Fsp3) is 0.941. The first-order chi connectivity index (χ1) is 11.5. The lowest BCUT2D eigenvalue weighted by molar-refractivity contribution is -0.132. The number of likely N-dealkylation sites (N-methyl/N-ethyl adjacent to an activating group) is 1. The topological polar surface area (TPSA) is 59.5 Å². The number of hydrogen-bond acceptors (Lipinski definition) is 6. The summed E-state index contributed by atoms with van der Waals surface area (Å²) >= 11 is 0. The van der Waals surface area contributed by atoms with Gasteiger partial charge in [0.25, 0.3) is 0 Å². The van der Waals surface area contributed by atoms with Crippen molar-refractivity contribution in [2.45, 2.75) is 18.4 Å². The van der Waals surface area contributed by atoms with E-state index in [0.717, 1.165) is 59.0 Å². The average Bonchev–Trinajstić information content (AvgIpc) is 2.98. The van der Waals surface area contributed by atoms with E-state index in [1.165, 1.54) is 0 Å². The van der Waals surface area contributed by atoms with E-state index in [1.54, 1.807) is 0 Å². The number of morpholine rings is 1. The first-order valence-corrected chi connectivity index (χ1v) is 9.25. The molecule has 0 aromatic heterocycles. The molecule has 7 nitrogen and oxygen atoms in total. The van der Waals surface area contributed by atoms with Crippen molar-refractivity contribution in [1.29, 1.82) is 0 Å². The Morgan fingerprint density at radius 2 is 1.75 bits per heavy atom. The monoisotopic (exact) mass is 340 g/mol. The van der Waals surface area contributed by atoms with Gasteiger partial charge in [0.1, 0.15) is 0 Å². The van der Waals surface area contributed by atoms with Crippen LogP contribution in [0.2, 0.25) is 0 Å². The van der Waals surface area contributed by atoms with Crippen LogP contribution in [0.3, 0.4) is 0 Å². The van der Waals surface area contributed by atoms with Crippen LogP contribution in [0.15, 0.2) is 0 Å². The fourth-order valence-corrected chi connectivity index (χ4v) is 3.86. The minimum Gasteiger partial charge on any atom is -0.387 e. The number of nitrogens with zero attached hydrogens (tertiary/aromatic N) is 4. The highest BCUT2D eigenvalue weighted by Crippen LogP contribution is 2.23. The van der Waals surface area contributed by atoms with E-state index in [9.17, 15) is 9.90 Å². The standard InChI is InChI=1S/C17H32N4O3/c1-18-6-8-20(9-7-18)14-17(23)3-5-21(15-17)16(22)2-4-19-10-12-24-13-11-19/h23H,2-15H2,1H3. The Kier molecular flexibility index (Phi) is 6.10. The number of piperazine rings is 1. The van der Waals surface area contributed by atoms with Crippen LogP contribution in [-0.4, -0.2) is 122 Å². The molecule has 3 heterocycles.